The van der Waals surface area contributed by atoms with Crippen molar-refractivity contribution in [3.63, 3.8) is 0 Å². The molecule has 0 aromatic carbocycles. The van der Waals surface area contributed by atoms with E-state index in [1.165, 1.54) is 12.4 Å². The fourth-order valence-corrected chi connectivity index (χ4v) is 2.90. The van der Waals surface area contributed by atoms with Crippen LogP contribution in [0.5, 0.6) is 0 Å². The summed E-state index contributed by atoms with van der Waals surface area (Å²) < 4.78 is 8.48. The second-order valence-corrected chi connectivity index (χ2v) is 6.28. The molecule has 3 heterocycles. The molecule has 0 saturated carbocycles. The smallest absolute Gasteiger partial charge is 0.274 e. The van der Waals surface area contributed by atoms with Crippen molar-refractivity contribution in [3.8, 4) is 0 Å². The van der Waals surface area contributed by atoms with Crippen molar-refractivity contribution in [1.82, 2.24) is 24.5 Å². The van der Waals surface area contributed by atoms with E-state index in [1.54, 1.807) is 20.5 Å². The molecule has 0 aliphatic carbocycles. The van der Waals surface area contributed by atoms with Gasteiger partial charge in [0, 0.05) is 38.8 Å². The molecule has 2 amide bonds. The van der Waals surface area contributed by atoms with Crippen LogP contribution >= 0.6 is 11.6 Å². The molecular formula is C16H21ClN6O3. The Bertz CT molecular complexity index is 781. The molecule has 0 bridgehead atoms. The van der Waals surface area contributed by atoms with Gasteiger partial charge in [-0.05, 0) is 6.92 Å². The summed E-state index contributed by atoms with van der Waals surface area (Å²) in [5.74, 6) is -0.370. The fraction of sp³-hybridized carbons (Fsp3) is 0.500. The van der Waals surface area contributed by atoms with Gasteiger partial charge in [-0.1, -0.05) is 11.6 Å². The van der Waals surface area contributed by atoms with Gasteiger partial charge in [0.25, 0.3) is 5.91 Å². The van der Waals surface area contributed by atoms with Crippen molar-refractivity contribution in [2.24, 2.45) is 0 Å². The molecule has 2 aromatic heterocycles. The van der Waals surface area contributed by atoms with Crippen molar-refractivity contribution in [1.29, 1.82) is 0 Å². The Morgan fingerprint density at radius 3 is 2.69 bits per heavy atom. The SMILES string of the molecule is CCn1ncc(NC(=O)CCn2cc(Cl)cn2)c1C(=O)N1CCOCC1. The predicted molar refractivity (Wildman–Crippen MR) is 95.1 cm³/mol. The van der Waals surface area contributed by atoms with Crippen LogP contribution in [0.1, 0.15) is 23.8 Å². The highest BCUT2D eigenvalue weighted by atomic mass is 35.5. The van der Waals surface area contributed by atoms with Gasteiger partial charge >= 0.3 is 0 Å². The van der Waals surface area contributed by atoms with Gasteiger partial charge in [-0.3, -0.25) is 19.0 Å². The molecule has 0 spiro atoms. The minimum atomic E-state index is -0.219. The molecule has 0 atom stereocenters. The summed E-state index contributed by atoms with van der Waals surface area (Å²) >= 11 is 5.81. The number of anilines is 1. The first kappa shape index (κ1) is 18.4. The van der Waals surface area contributed by atoms with Crippen LogP contribution < -0.4 is 5.32 Å². The summed E-state index contributed by atoms with van der Waals surface area (Å²) in [6, 6.07) is 0. The zero-order valence-electron chi connectivity index (χ0n) is 14.5. The Kier molecular flexibility index (Phi) is 5.89. The molecule has 1 saturated heterocycles. The molecule has 9 nitrogen and oxygen atoms in total. The lowest BCUT2D eigenvalue weighted by Crippen LogP contribution is -2.41. The van der Waals surface area contributed by atoms with E-state index >= 15 is 0 Å². The third-order valence-electron chi connectivity index (χ3n) is 4.08. The molecular weight excluding hydrogens is 360 g/mol. The number of morpholine rings is 1. The van der Waals surface area contributed by atoms with E-state index in [0.29, 0.717) is 55.8 Å². The number of aryl methyl sites for hydroxylation is 2. The van der Waals surface area contributed by atoms with Crippen molar-refractivity contribution >= 4 is 29.1 Å². The highest BCUT2D eigenvalue weighted by molar-refractivity contribution is 6.30. The van der Waals surface area contributed by atoms with Gasteiger partial charge in [-0.2, -0.15) is 10.2 Å². The van der Waals surface area contributed by atoms with Crippen LogP contribution in [0.4, 0.5) is 5.69 Å². The molecule has 1 fully saturated rings. The number of carbonyl (C=O) groups is 2. The van der Waals surface area contributed by atoms with Crippen LogP contribution in [0.3, 0.4) is 0 Å². The van der Waals surface area contributed by atoms with Gasteiger partial charge in [-0.15, -0.1) is 0 Å². The maximum atomic E-state index is 12.9. The molecule has 3 rings (SSSR count). The normalized spacial score (nSPS) is 14.5. The van der Waals surface area contributed by atoms with Crippen LogP contribution in [-0.4, -0.2) is 62.6 Å². The fourth-order valence-electron chi connectivity index (χ4n) is 2.75. The number of nitrogens with zero attached hydrogens (tertiary/aromatic N) is 5. The molecule has 10 heteroatoms. The van der Waals surface area contributed by atoms with Crippen molar-refractivity contribution in [3.05, 3.63) is 29.3 Å². The summed E-state index contributed by atoms with van der Waals surface area (Å²) in [4.78, 5) is 26.8. The lowest BCUT2D eigenvalue weighted by Gasteiger charge is -2.27. The van der Waals surface area contributed by atoms with E-state index in [4.69, 9.17) is 16.3 Å². The third-order valence-corrected chi connectivity index (χ3v) is 4.28. The van der Waals surface area contributed by atoms with Crippen molar-refractivity contribution in [2.75, 3.05) is 31.6 Å². The zero-order valence-corrected chi connectivity index (χ0v) is 15.3. The first-order valence-electron chi connectivity index (χ1n) is 8.49. The minimum Gasteiger partial charge on any atom is -0.378 e. The van der Waals surface area contributed by atoms with Crippen molar-refractivity contribution in [2.45, 2.75) is 26.4 Å². The van der Waals surface area contributed by atoms with E-state index in [-0.39, 0.29) is 18.2 Å². The topological polar surface area (TPSA) is 94.3 Å². The molecule has 0 unspecified atom stereocenters. The van der Waals surface area contributed by atoms with E-state index < -0.39 is 0 Å². The number of rotatable bonds is 6. The van der Waals surface area contributed by atoms with Gasteiger partial charge in [0.1, 0.15) is 5.69 Å². The van der Waals surface area contributed by atoms with Crippen molar-refractivity contribution < 1.29 is 14.3 Å². The Morgan fingerprint density at radius 2 is 2.04 bits per heavy atom. The van der Waals surface area contributed by atoms with Gasteiger partial charge in [0.15, 0.2) is 0 Å². The molecule has 1 aliphatic rings. The van der Waals surface area contributed by atoms with Gasteiger partial charge in [0.05, 0.1) is 36.3 Å². The summed E-state index contributed by atoms with van der Waals surface area (Å²) in [5.41, 5.74) is 0.816. The number of aromatic nitrogens is 4. The van der Waals surface area contributed by atoms with Gasteiger partial charge < -0.3 is 15.0 Å². The first-order chi connectivity index (χ1) is 12.6. The van der Waals surface area contributed by atoms with E-state index in [0.717, 1.165) is 0 Å². The maximum absolute atomic E-state index is 12.9. The molecule has 2 aromatic rings. The Labute approximate surface area is 155 Å². The number of ether oxygens (including phenoxy) is 1. The number of halogens is 1. The van der Waals surface area contributed by atoms with Crippen LogP contribution in [0.25, 0.3) is 0 Å². The molecule has 140 valence electrons. The summed E-state index contributed by atoms with van der Waals surface area (Å²) in [6.45, 7) is 4.92. The minimum absolute atomic E-state index is 0.151. The van der Waals surface area contributed by atoms with Crippen LogP contribution in [0, 0.1) is 0 Å². The Morgan fingerprint density at radius 1 is 1.27 bits per heavy atom. The van der Waals surface area contributed by atoms with E-state index in [1.807, 2.05) is 6.92 Å². The van der Waals surface area contributed by atoms with Crippen LogP contribution in [-0.2, 0) is 22.6 Å². The lowest BCUT2D eigenvalue weighted by atomic mass is 10.2. The quantitative estimate of drug-likeness (QED) is 0.814. The molecule has 0 radical (unpaired) electrons. The number of hydrogen-bond acceptors (Lipinski definition) is 5. The average Bonchev–Trinajstić information content (AvgIpc) is 3.26. The summed E-state index contributed by atoms with van der Waals surface area (Å²) in [5, 5.41) is 11.6. The predicted octanol–water partition coefficient (Wildman–Crippen LogP) is 1.25. The van der Waals surface area contributed by atoms with E-state index in [2.05, 4.69) is 15.5 Å². The first-order valence-corrected chi connectivity index (χ1v) is 8.87. The highest BCUT2D eigenvalue weighted by Gasteiger charge is 2.25. The Hall–Kier alpha value is -2.39. The maximum Gasteiger partial charge on any atom is 0.274 e. The van der Waals surface area contributed by atoms with Gasteiger partial charge in [0.2, 0.25) is 5.91 Å². The second kappa shape index (κ2) is 8.33. The third kappa shape index (κ3) is 4.23. The van der Waals surface area contributed by atoms with E-state index in [9.17, 15) is 9.59 Å². The average molecular weight is 381 g/mol. The zero-order chi connectivity index (χ0) is 18.5. The summed E-state index contributed by atoms with van der Waals surface area (Å²) in [7, 11) is 0. The molecule has 1 aliphatic heterocycles. The Balaban J connectivity index is 1.68. The summed E-state index contributed by atoms with van der Waals surface area (Å²) in [6.07, 6.45) is 4.89. The van der Waals surface area contributed by atoms with Crippen LogP contribution in [0.2, 0.25) is 5.02 Å². The molecule has 26 heavy (non-hydrogen) atoms. The largest absolute Gasteiger partial charge is 0.378 e. The van der Waals surface area contributed by atoms with Gasteiger partial charge in [-0.25, -0.2) is 0 Å². The number of amides is 2. The number of hydrogen-bond donors (Lipinski definition) is 1. The molecule has 1 N–H and O–H groups in total. The second-order valence-electron chi connectivity index (χ2n) is 5.85. The highest BCUT2D eigenvalue weighted by Crippen LogP contribution is 2.19. The number of nitrogens with one attached hydrogen (secondary N) is 1. The standard InChI is InChI=1S/C16H21ClN6O3/c1-2-23-15(16(25)21-5-7-26-8-6-21)13(10-19-23)20-14(24)3-4-22-11-12(17)9-18-22/h9-11H,2-8H2,1H3,(H,20,24). The monoisotopic (exact) mass is 380 g/mol. The van der Waals surface area contributed by atoms with Crippen LogP contribution in [0.15, 0.2) is 18.6 Å². The lowest BCUT2D eigenvalue weighted by molar-refractivity contribution is -0.116. The number of carbonyl (C=O) groups excluding carboxylic acids is 2.